The molecule has 1 aliphatic heterocycles. The number of carbonyl (C=O) groups excluding carboxylic acids is 1. The number of aromatic amines is 1. The molecule has 2 aliphatic rings. The minimum Gasteiger partial charge on any atom is -0.358 e. The van der Waals surface area contributed by atoms with E-state index in [1.165, 1.54) is 41.4 Å². The Labute approximate surface area is 125 Å². The van der Waals surface area contributed by atoms with Crippen LogP contribution in [-0.4, -0.2) is 22.3 Å². The fraction of sp³-hybridized carbons (Fsp3) is 0.500. The van der Waals surface area contributed by atoms with Crippen LogP contribution in [0.25, 0.3) is 10.9 Å². The highest BCUT2D eigenvalue weighted by Gasteiger charge is 2.29. The first-order valence-electron chi connectivity index (χ1n) is 8.20. The average molecular weight is 282 g/mol. The Hall–Kier alpha value is -1.77. The molecule has 0 bridgehead atoms. The molecule has 1 N–H and O–H groups in total. The zero-order valence-electron chi connectivity index (χ0n) is 12.4. The number of hydrogen-bond acceptors (Lipinski definition) is 1. The molecule has 0 spiro atoms. The fourth-order valence-corrected chi connectivity index (χ4v) is 3.96. The third-order valence-electron chi connectivity index (χ3n) is 5.15. The summed E-state index contributed by atoms with van der Waals surface area (Å²) in [5, 5.41) is 1.29. The van der Waals surface area contributed by atoms with E-state index in [1.54, 1.807) is 0 Å². The minimum absolute atomic E-state index is 0.283. The maximum absolute atomic E-state index is 12.7. The van der Waals surface area contributed by atoms with Gasteiger partial charge in [-0.3, -0.25) is 4.79 Å². The number of nitrogens with one attached hydrogen (secondary N) is 1. The molecule has 0 saturated heterocycles. The van der Waals surface area contributed by atoms with E-state index in [1.807, 2.05) is 0 Å². The summed E-state index contributed by atoms with van der Waals surface area (Å²) in [5.41, 5.74) is 3.86. The normalized spacial score (nSPS) is 19.7. The lowest BCUT2D eigenvalue weighted by molar-refractivity contribution is -0.137. The summed E-state index contributed by atoms with van der Waals surface area (Å²) in [5.74, 6) is 0.677. The zero-order valence-corrected chi connectivity index (χ0v) is 12.4. The summed E-state index contributed by atoms with van der Waals surface area (Å²) < 4.78 is 0. The van der Waals surface area contributed by atoms with E-state index >= 15 is 0 Å². The summed E-state index contributed by atoms with van der Waals surface area (Å²) >= 11 is 0. The first kappa shape index (κ1) is 12.9. The SMILES string of the molecule is O=C(C1CCCCC1)N1CCc2[nH]c3ccccc3c2C1. The maximum Gasteiger partial charge on any atom is 0.225 e. The number of nitrogens with zero attached hydrogens (tertiary/aromatic N) is 1. The van der Waals surface area contributed by atoms with Gasteiger partial charge in [0.1, 0.15) is 0 Å². The molecule has 0 radical (unpaired) electrons. The standard InChI is InChI=1S/C18H22N2O/c21-18(13-6-2-1-3-7-13)20-11-10-17-15(12-20)14-8-4-5-9-16(14)19-17/h4-5,8-9,13,19H,1-3,6-7,10-12H2. The summed E-state index contributed by atoms with van der Waals surface area (Å²) in [7, 11) is 0. The quantitative estimate of drug-likeness (QED) is 0.852. The largest absolute Gasteiger partial charge is 0.358 e. The Morgan fingerprint density at radius 3 is 2.81 bits per heavy atom. The van der Waals surface area contributed by atoms with Crippen molar-refractivity contribution < 1.29 is 4.79 Å². The van der Waals surface area contributed by atoms with Crippen molar-refractivity contribution >= 4 is 16.8 Å². The van der Waals surface area contributed by atoms with E-state index < -0.39 is 0 Å². The van der Waals surface area contributed by atoms with Crippen LogP contribution in [0.3, 0.4) is 0 Å². The number of fused-ring (bicyclic) bond motifs is 3. The van der Waals surface area contributed by atoms with Crippen molar-refractivity contribution in [3.05, 3.63) is 35.5 Å². The van der Waals surface area contributed by atoms with Crippen LogP contribution in [0.5, 0.6) is 0 Å². The number of benzene rings is 1. The Kier molecular flexibility index (Phi) is 3.21. The first-order chi connectivity index (χ1) is 10.3. The van der Waals surface area contributed by atoms with Gasteiger partial charge >= 0.3 is 0 Å². The molecule has 1 aliphatic carbocycles. The van der Waals surface area contributed by atoms with E-state index in [-0.39, 0.29) is 5.92 Å². The van der Waals surface area contributed by atoms with Gasteiger partial charge in [-0.05, 0) is 18.9 Å². The molecule has 2 heterocycles. The number of amides is 1. The second-order valence-corrected chi connectivity index (χ2v) is 6.47. The summed E-state index contributed by atoms with van der Waals surface area (Å²) in [6.07, 6.45) is 6.90. The van der Waals surface area contributed by atoms with Gasteiger partial charge in [-0.2, -0.15) is 0 Å². The van der Waals surface area contributed by atoms with Crippen LogP contribution in [0.1, 0.15) is 43.4 Å². The predicted octanol–water partition coefficient (Wildman–Crippen LogP) is 3.63. The molecule has 3 nitrogen and oxygen atoms in total. The van der Waals surface area contributed by atoms with Crippen LogP contribution in [-0.2, 0) is 17.8 Å². The smallest absolute Gasteiger partial charge is 0.225 e. The van der Waals surface area contributed by atoms with Crippen LogP contribution in [0.15, 0.2) is 24.3 Å². The van der Waals surface area contributed by atoms with Gasteiger partial charge in [0.15, 0.2) is 0 Å². The molecule has 1 amide bonds. The number of carbonyl (C=O) groups is 1. The Bertz CT molecular complexity index is 667. The summed E-state index contributed by atoms with van der Waals surface area (Å²) in [4.78, 5) is 18.3. The van der Waals surface area contributed by atoms with Gasteiger partial charge in [0.25, 0.3) is 0 Å². The van der Waals surface area contributed by atoms with Crippen LogP contribution in [0, 0.1) is 5.92 Å². The third kappa shape index (κ3) is 2.25. The van der Waals surface area contributed by atoms with E-state index in [0.717, 1.165) is 32.4 Å². The van der Waals surface area contributed by atoms with E-state index in [9.17, 15) is 4.79 Å². The molecule has 1 saturated carbocycles. The van der Waals surface area contributed by atoms with Gasteiger partial charge in [0.2, 0.25) is 5.91 Å². The molecule has 0 atom stereocenters. The molecular weight excluding hydrogens is 260 g/mol. The highest BCUT2D eigenvalue weighted by Crippen LogP contribution is 2.31. The predicted molar refractivity (Wildman–Crippen MR) is 84.0 cm³/mol. The van der Waals surface area contributed by atoms with Crippen molar-refractivity contribution in [2.45, 2.75) is 45.1 Å². The maximum atomic E-state index is 12.7. The first-order valence-corrected chi connectivity index (χ1v) is 8.20. The molecule has 0 unspecified atom stereocenters. The topological polar surface area (TPSA) is 36.1 Å². The van der Waals surface area contributed by atoms with Gasteiger partial charge in [-0.1, -0.05) is 37.5 Å². The van der Waals surface area contributed by atoms with Crippen molar-refractivity contribution in [3.63, 3.8) is 0 Å². The van der Waals surface area contributed by atoms with Crippen molar-refractivity contribution in [3.8, 4) is 0 Å². The molecule has 4 rings (SSSR count). The molecule has 3 heteroatoms. The van der Waals surface area contributed by atoms with Crippen molar-refractivity contribution in [2.24, 2.45) is 5.92 Å². The van der Waals surface area contributed by atoms with Crippen LogP contribution in [0.2, 0.25) is 0 Å². The molecule has 2 aromatic rings. The molecule has 21 heavy (non-hydrogen) atoms. The number of rotatable bonds is 1. The second kappa shape index (κ2) is 5.21. The number of hydrogen-bond donors (Lipinski definition) is 1. The Morgan fingerprint density at radius 2 is 1.95 bits per heavy atom. The monoisotopic (exact) mass is 282 g/mol. The number of H-pyrrole nitrogens is 1. The lowest BCUT2D eigenvalue weighted by Crippen LogP contribution is -2.40. The minimum atomic E-state index is 0.283. The van der Waals surface area contributed by atoms with Crippen LogP contribution in [0.4, 0.5) is 0 Å². The molecule has 110 valence electrons. The van der Waals surface area contributed by atoms with Gasteiger partial charge in [-0.15, -0.1) is 0 Å². The van der Waals surface area contributed by atoms with Gasteiger partial charge in [-0.25, -0.2) is 0 Å². The van der Waals surface area contributed by atoms with Crippen molar-refractivity contribution in [1.29, 1.82) is 0 Å². The van der Waals surface area contributed by atoms with Gasteiger partial charge in [0, 0.05) is 47.6 Å². The summed E-state index contributed by atoms with van der Waals surface area (Å²) in [6.45, 7) is 1.66. The number of aromatic nitrogens is 1. The van der Waals surface area contributed by atoms with Crippen molar-refractivity contribution in [2.75, 3.05) is 6.54 Å². The van der Waals surface area contributed by atoms with Crippen molar-refractivity contribution in [1.82, 2.24) is 9.88 Å². The van der Waals surface area contributed by atoms with Gasteiger partial charge in [0.05, 0.1) is 0 Å². The van der Waals surface area contributed by atoms with Crippen LogP contribution < -0.4 is 0 Å². The van der Waals surface area contributed by atoms with E-state index in [2.05, 4.69) is 34.1 Å². The second-order valence-electron chi connectivity index (χ2n) is 6.47. The molecule has 1 aromatic carbocycles. The third-order valence-corrected chi connectivity index (χ3v) is 5.15. The zero-order chi connectivity index (χ0) is 14.2. The highest BCUT2D eigenvalue weighted by molar-refractivity contribution is 5.86. The Balaban J connectivity index is 1.59. The van der Waals surface area contributed by atoms with Gasteiger partial charge < -0.3 is 9.88 Å². The summed E-state index contributed by atoms with van der Waals surface area (Å²) in [6, 6.07) is 8.44. The fourth-order valence-electron chi connectivity index (χ4n) is 3.96. The van der Waals surface area contributed by atoms with Crippen LogP contribution >= 0.6 is 0 Å². The van der Waals surface area contributed by atoms with E-state index in [4.69, 9.17) is 0 Å². The highest BCUT2D eigenvalue weighted by atomic mass is 16.2. The average Bonchev–Trinajstić information content (AvgIpc) is 2.93. The molecule has 1 aromatic heterocycles. The lowest BCUT2D eigenvalue weighted by atomic mass is 9.87. The molecular formula is C18H22N2O. The Morgan fingerprint density at radius 1 is 1.14 bits per heavy atom. The number of para-hydroxylation sites is 1. The lowest BCUT2D eigenvalue weighted by Gasteiger charge is -2.32. The van der Waals surface area contributed by atoms with E-state index in [0.29, 0.717) is 5.91 Å². The molecule has 1 fully saturated rings.